The van der Waals surface area contributed by atoms with Gasteiger partial charge >= 0.3 is 5.97 Å². The van der Waals surface area contributed by atoms with Gasteiger partial charge in [-0.2, -0.15) is 5.26 Å². The van der Waals surface area contributed by atoms with E-state index in [2.05, 4.69) is 6.07 Å². The van der Waals surface area contributed by atoms with Gasteiger partial charge in [-0.15, -0.1) is 11.3 Å². The molecule has 1 heterocycles. The highest BCUT2D eigenvalue weighted by molar-refractivity contribution is 7.12. The number of carbonyl (C=O) groups excluding carboxylic acids is 2. The average Bonchev–Trinajstić information content (AvgIpc) is 3.26. The number of thiophene rings is 1. The Morgan fingerprint density at radius 1 is 0.963 bits per heavy atom. The van der Waals surface area contributed by atoms with Crippen LogP contribution in [0.3, 0.4) is 0 Å². The van der Waals surface area contributed by atoms with Gasteiger partial charge in [-0.25, -0.2) is 4.79 Å². The van der Waals surface area contributed by atoms with E-state index in [0.717, 1.165) is 4.88 Å². The minimum absolute atomic E-state index is 0.0596. The molecule has 0 unspecified atom stereocenters. The third-order valence-corrected chi connectivity index (χ3v) is 4.97. The van der Waals surface area contributed by atoms with Crippen LogP contribution in [0, 0.1) is 11.3 Å². The molecule has 5 heteroatoms. The van der Waals surface area contributed by atoms with E-state index in [1.54, 1.807) is 36.4 Å². The van der Waals surface area contributed by atoms with E-state index in [9.17, 15) is 14.9 Å². The van der Waals surface area contributed by atoms with Gasteiger partial charge in [-0.1, -0.05) is 42.5 Å². The van der Waals surface area contributed by atoms with Gasteiger partial charge in [0.25, 0.3) is 0 Å². The average molecular weight is 375 g/mol. The molecule has 0 aliphatic rings. The number of esters is 1. The number of Topliss-reactive ketones (excluding diaryl/α,β-unsaturated/α-hetero) is 1. The molecule has 0 fully saturated rings. The van der Waals surface area contributed by atoms with Gasteiger partial charge in [0, 0.05) is 12.0 Å². The number of benzene rings is 2. The molecular formula is C22H17NO3S. The summed E-state index contributed by atoms with van der Waals surface area (Å²) in [7, 11) is 0. The Labute approximate surface area is 161 Å². The van der Waals surface area contributed by atoms with Crippen LogP contribution in [0.25, 0.3) is 11.1 Å². The van der Waals surface area contributed by atoms with E-state index >= 15 is 0 Å². The molecule has 0 saturated carbocycles. The van der Waals surface area contributed by atoms with Crippen molar-refractivity contribution in [3.05, 3.63) is 82.0 Å². The largest absolute Gasteiger partial charge is 0.462 e. The van der Waals surface area contributed by atoms with Crippen molar-refractivity contribution in [1.29, 1.82) is 5.26 Å². The van der Waals surface area contributed by atoms with Gasteiger partial charge in [0.15, 0.2) is 5.78 Å². The summed E-state index contributed by atoms with van der Waals surface area (Å²) in [5.41, 5.74) is 2.26. The molecule has 0 radical (unpaired) electrons. The first-order chi connectivity index (χ1) is 13.2. The van der Waals surface area contributed by atoms with Crippen LogP contribution in [0.1, 0.15) is 38.4 Å². The summed E-state index contributed by atoms with van der Waals surface area (Å²) in [6.45, 7) is 0.171. The maximum atomic E-state index is 12.5. The molecule has 4 nitrogen and oxygen atoms in total. The molecule has 0 spiro atoms. The highest BCUT2D eigenvalue weighted by atomic mass is 32.1. The summed E-state index contributed by atoms with van der Waals surface area (Å²) in [6.07, 6.45) is 0.812. The lowest BCUT2D eigenvalue weighted by Gasteiger charge is -2.11. The number of nitrogens with zero attached hydrogens (tertiary/aromatic N) is 1. The van der Waals surface area contributed by atoms with Gasteiger partial charge < -0.3 is 4.74 Å². The Hall–Kier alpha value is -3.23. The second kappa shape index (κ2) is 8.93. The molecule has 3 aromatic rings. The molecule has 0 amide bonds. The van der Waals surface area contributed by atoms with Crippen molar-refractivity contribution < 1.29 is 14.3 Å². The molecule has 134 valence electrons. The molecule has 3 rings (SSSR count). The second-order valence-electron chi connectivity index (χ2n) is 5.84. The quantitative estimate of drug-likeness (QED) is 0.327. The smallest absolute Gasteiger partial charge is 0.338 e. The van der Waals surface area contributed by atoms with E-state index in [-0.39, 0.29) is 12.4 Å². The van der Waals surface area contributed by atoms with Gasteiger partial charge in [0.1, 0.15) is 0 Å². The van der Waals surface area contributed by atoms with Crippen molar-refractivity contribution in [2.24, 2.45) is 0 Å². The van der Waals surface area contributed by atoms with Crippen LogP contribution in [-0.4, -0.2) is 18.4 Å². The predicted molar refractivity (Wildman–Crippen MR) is 105 cm³/mol. The lowest BCUT2D eigenvalue weighted by molar-refractivity contribution is 0.0495. The number of ether oxygens (including phenoxy) is 1. The van der Waals surface area contributed by atoms with Crippen LogP contribution in [0.5, 0.6) is 0 Å². The first-order valence-corrected chi connectivity index (χ1v) is 9.41. The fourth-order valence-corrected chi connectivity index (χ4v) is 3.44. The van der Waals surface area contributed by atoms with Crippen LogP contribution in [0.15, 0.2) is 66.0 Å². The maximum absolute atomic E-state index is 12.5. The van der Waals surface area contributed by atoms with Gasteiger partial charge in [-0.05, 0) is 35.6 Å². The van der Waals surface area contributed by atoms with E-state index in [1.807, 2.05) is 29.6 Å². The van der Waals surface area contributed by atoms with Crippen molar-refractivity contribution in [3.8, 4) is 17.2 Å². The number of hydrogen-bond acceptors (Lipinski definition) is 5. The monoisotopic (exact) mass is 375 g/mol. The third kappa shape index (κ3) is 4.49. The van der Waals surface area contributed by atoms with Crippen LogP contribution in [0.4, 0.5) is 0 Å². The van der Waals surface area contributed by atoms with Gasteiger partial charge in [0.2, 0.25) is 0 Å². The van der Waals surface area contributed by atoms with Crippen molar-refractivity contribution in [2.75, 3.05) is 6.61 Å². The molecule has 0 atom stereocenters. The normalized spacial score (nSPS) is 10.2. The third-order valence-electron chi connectivity index (χ3n) is 4.06. The number of rotatable bonds is 7. The first-order valence-electron chi connectivity index (χ1n) is 8.53. The number of hydrogen-bond donors (Lipinski definition) is 0. The molecule has 27 heavy (non-hydrogen) atoms. The minimum Gasteiger partial charge on any atom is -0.462 e. The molecule has 0 aliphatic carbocycles. The highest BCUT2D eigenvalue weighted by Gasteiger charge is 2.16. The number of ketones is 1. The highest BCUT2D eigenvalue weighted by Crippen LogP contribution is 2.27. The summed E-state index contributed by atoms with van der Waals surface area (Å²) in [5.74, 6) is -0.397. The first kappa shape index (κ1) is 18.6. The Kier molecular flexibility index (Phi) is 6.14. The second-order valence-corrected chi connectivity index (χ2v) is 6.79. The fraction of sp³-hybridized carbons (Fsp3) is 0.136. The summed E-state index contributed by atoms with van der Waals surface area (Å²) in [5, 5.41) is 11.2. The Morgan fingerprint density at radius 2 is 1.70 bits per heavy atom. The van der Waals surface area contributed by atoms with Crippen LogP contribution >= 0.6 is 11.3 Å². The molecular weight excluding hydrogens is 358 g/mol. The van der Waals surface area contributed by atoms with E-state index in [4.69, 9.17) is 4.74 Å². The molecule has 0 bridgehead atoms. The van der Waals surface area contributed by atoms with E-state index < -0.39 is 5.97 Å². The Morgan fingerprint density at radius 3 is 2.44 bits per heavy atom. The molecule has 0 aliphatic heterocycles. The summed E-state index contributed by atoms with van der Waals surface area (Å²) >= 11 is 1.41. The Balaban J connectivity index is 1.66. The van der Waals surface area contributed by atoms with Crippen LogP contribution < -0.4 is 0 Å². The lowest BCUT2D eigenvalue weighted by atomic mass is 9.96. The zero-order valence-electron chi connectivity index (χ0n) is 14.6. The van der Waals surface area contributed by atoms with E-state index in [0.29, 0.717) is 35.1 Å². The topological polar surface area (TPSA) is 67.2 Å². The molecule has 0 N–H and O–H groups in total. The summed E-state index contributed by atoms with van der Waals surface area (Å²) < 4.78 is 5.36. The van der Waals surface area contributed by atoms with Gasteiger partial charge in [-0.3, -0.25) is 4.79 Å². The maximum Gasteiger partial charge on any atom is 0.338 e. The van der Waals surface area contributed by atoms with Crippen LogP contribution in [0.2, 0.25) is 0 Å². The predicted octanol–water partition coefficient (Wildman–Crippen LogP) is 5.11. The fourth-order valence-electron chi connectivity index (χ4n) is 2.75. The summed E-state index contributed by atoms with van der Waals surface area (Å²) in [4.78, 5) is 25.2. The van der Waals surface area contributed by atoms with Crippen molar-refractivity contribution in [1.82, 2.24) is 0 Å². The summed E-state index contributed by atoms with van der Waals surface area (Å²) in [6, 6.07) is 20.0. The zero-order chi connectivity index (χ0) is 19.1. The molecule has 0 saturated heterocycles. The zero-order valence-corrected chi connectivity index (χ0v) is 15.4. The standard InChI is InChI=1S/C22H17NO3S/c23-15-16-7-1-2-8-17(16)18-9-3-4-10-19(18)22(25)26-13-5-11-20(24)21-12-6-14-27-21/h1-4,6-10,12,14H,5,11,13H2. The SMILES string of the molecule is N#Cc1ccccc1-c1ccccc1C(=O)OCCCC(=O)c1cccs1. The number of nitriles is 1. The minimum atomic E-state index is -0.457. The number of carbonyl (C=O) groups is 2. The van der Waals surface area contributed by atoms with Crippen molar-refractivity contribution >= 4 is 23.1 Å². The van der Waals surface area contributed by atoms with Crippen molar-refractivity contribution in [3.63, 3.8) is 0 Å². The van der Waals surface area contributed by atoms with E-state index in [1.165, 1.54) is 11.3 Å². The Bertz CT molecular complexity index is 987. The molecule has 1 aromatic heterocycles. The molecule has 2 aromatic carbocycles. The van der Waals surface area contributed by atoms with Crippen LogP contribution in [-0.2, 0) is 4.74 Å². The van der Waals surface area contributed by atoms with Gasteiger partial charge in [0.05, 0.1) is 28.7 Å². The van der Waals surface area contributed by atoms with Crippen molar-refractivity contribution in [2.45, 2.75) is 12.8 Å². The lowest BCUT2D eigenvalue weighted by Crippen LogP contribution is -2.09.